The SMILES string of the molecule is CSC(=NC#N)N1CCSC(C)CC1. The van der Waals surface area contributed by atoms with E-state index < -0.39 is 0 Å². The molecule has 1 saturated heterocycles. The third kappa shape index (κ3) is 3.43. The fraction of sp³-hybridized carbons (Fsp3) is 0.778. The molecule has 78 valence electrons. The van der Waals surface area contributed by atoms with Crippen molar-refractivity contribution in [3.8, 4) is 6.19 Å². The third-order valence-corrected chi connectivity index (χ3v) is 4.11. The summed E-state index contributed by atoms with van der Waals surface area (Å²) < 4.78 is 0. The first kappa shape index (κ1) is 11.7. The molecule has 14 heavy (non-hydrogen) atoms. The van der Waals surface area contributed by atoms with Crippen molar-refractivity contribution in [3.63, 3.8) is 0 Å². The Morgan fingerprint density at radius 2 is 2.43 bits per heavy atom. The average Bonchev–Trinajstić information content (AvgIpc) is 2.40. The van der Waals surface area contributed by atoms with Crippen molar-refractivity contribution < 1.29 is 0 Å². The number of thioether (sulfide) groups is 2. The van der Waals surface area contributed by atoms with E-state index in [9.17, 15) is 0 Å². The molecule has 0 spiro atoms. The number of hydrogen-bond acceptors (Lipinski definition) is 4. The van der Waals surface area contributed by atoms with E-state index in [0.29, 0.717) is 0 Å². The largest absolute Gasteiger partial charge is 0.350 e. The van der Waals surface area contributed by atoms with Gasteiger partial charge in [0.2, 0.25) is 6.19 Å². The molecule has 3 nitrogen and oxygen atoms in total. The lowest BCUT2D eigenvalue weighted by atomic mass is 10.3. The molecule has 1 aliphatic heterocycles. The van der Waals surface area contributed by atoms with Gasteiger partial charge in [-0.2, -0.15) is 17.0 Å². The van der Waals surface area contributed by atoms with Crippen LogP contribution < -0.4 is 0 Å². The lowest BCUT2D eigenvalue weighted by molar-refractivity contribution is 0.450. The van der Waals surface area contributed by atoms with Crippen LogP contribution in [0.25, 0.3) is 0 Å². The first-order valence-electron chi connectivity index (χ1n) is 4.65. The van der Waals surface area contributed by atoms with Crippen LogP contribution in [0.4, 0.5) is 0 Å². The van der Waals surface area contributed by atoms with Crippen molar-refractivity contribution >= 4 is 28.7 Å². The Morgan fingerprint density at radius 1 is 1.64 bits per heavy atom. The first-order chi connectivity index (χ1) is 6.77. The van der Waals surface area contributed by atoms with Crippen molar-refractivity contribution in [3.05, 3.63) is 0 Å². The molecule has 1 atom stereocenters. The summed E-state index contributed by atoms with van der Waals surface area (Å²) in [5.74, 6) is 1.13. The van der Waals surface area contributed by atoms with E-state index >= 15 is 0 Å². The molecule has 0 bridgehead atoms. The Kier molecular flexibility index (Phi) is 5.20. The van der Waals surface area contributed by atoms with Gasteiger partial charge in [-0.15, -0.1) is 4.99 Å². The quantitative estimate of drug-likeness (QED) is 0.362. The normalized spacial score (nSPS) is 24.2. The van der Waals surface area contributed by atoms with Gasteiger partial charge < -0.3 is 4.90 Å². The number of hydrogen-bond donors (Lipinski definition) is 0. The van der Waals surface area contributed by atoms with Gasteiger partial charge in [-0.3, -0.25) is 0 Å². The van der Waals surface area contributed by atoms with Crippen LogP contribution >= 0.6 is 23.5 Å². The maximum absolute atomic E-state index is 8.54. The predicted molar refractivity (Wildman–Crippen MR) is 64.7 cm³/mol. The Morgan fingerprint density at radius 3 is 3.07 bits per heavy atom. The van der Waals surface area contributed by atoms with Crippen LogP contribution in [-0.2, 0) is 0 Å². The number of aliphatic imine (C=N–C) groups is 1. The second-order valence-corrected chi connectivity index (χ2v) is 5.48. The average molecular weight is 229 g/mol. The maximum atomic E-state index is 8.54. The van der Waals surface area contributed by atoms with Gasteiger partial charge in [0.15, 0.2) is 5.17 Å². The Balaban J connectivity index is 2.58. The molecule has 0 amide bonds. The highest BCUT2D eigenvalue weighted by atomic mass is 32.2. The summed E-state index contributed by atoms with van der Waals surface area (Å²) in [4.78, 5) is 6.05. The Bertz CT molecular complexity index is 247. The molecule has 0 aliphatic carbocycles. The third-order valence-electron chi connectivity index (χ3n) is 2.17. The van der Waals surface area contributed by atoms with Crippen LogP contribution in [0.1, 0.15) is 13.3 Å². The second kappa shape index (κ2) is 6.20. The van der Waals surface area contributed by atoms with Crippen molar-refractivity contribution in [2.24, 2.45) is 4.99 Å². The molecule has 1 heterocycles. The van der Waals surface area contributed by atoms with E-state index in [4.69, 9.17) is 5.26 Å². The monoisotopic (exact) mass is 229 g/mol. The van der Waals surface area contributed by atoms with E-state index in [1.54, 1.807) is 11.8 Å². The summed E-state index contributed by atoms with van der Waals surface area (Å²) in [7, 11) is 0. The zero-order chi connectivity index (χ0) is 10.4. The first-order valence-corrected chi connectivity index (χ1v) is 6.92. The van der Waals surface area contributed by atoms with Gasteiger partial charge in [0.25, 0.3) is 0 Å². The van der Waals surface area contributed by atoms with Gasteiger partial charge in [-0.05, 0) is 12.7 Å². The summed E-state index contributed by atoms with van der Waals surface area (Å²) >= 11 is 3.56. The fourth-order valence-electron chi connectivity index (χ4n) is 1.38. The second-order valence-electron chi connectivity index (χ2n) is 3.16. The molecule has 1 fully saturated rings. The van der Waals surface area contributed by atoms with Gasteiger partial charge in [0.1, 0.15) is 0 Å². The van der Waals surface area contributed by atoms with Crippen molar-refractivity contribution in [2.75, 3.05) is 25.1 Å². The highest BCUT2D eigenvalue weighted by molar-refractivity contribution is 8.13. The van der Waals surface area contributed by atoms with Crippen LogP contribution in [0.3, 0.4) is 0 Å². The number of amidine groups is 1. The van der Waals surface area contributed by atoms with Crippen LogP contribution in [0, 0.1) is 11.5 Å². The summed E-state index contributed by atoms with van der Waals surface area (Å²) in [6, 6.07) is 0. The number of rotatable bonds is 0. The molecule has 1 rings (SSSR count). The molecule has 0 radical (unpaired) electrons. The zero-order valence-corrected chi connectivity index (χ0v) is 10.2. The van der Waals surface area contributed by atoms with E-state index in [1.165, 1.54) is 6.42 Å². The van der Waals surface area contributed by atoms with Gasteiger partial charge in [0, 0.05) is 24.1 Å². The smallest absolute Gasteiger partial charge is 0.208 e. The molecule has 0 aromatic carbocycles. The maximum Gasteiger partial charge on any atom is 0.208 e. The van der Waals surface area contributed by atoms with E-state index in [1.807, 2.05) is 24.2 Å². The van der Waals surface area contributed by atoms with Crippen molar-refractivity contribution in [1.82, 2.24) is 4.90 Å². The molecule has 0 aromatic heterocycles. The molecular weight excluding hydrogens is 214 g/mol. The molecule has 0 aromatic rings. The molecule has 0 saturated carbocycles. The molecular formula is C9H15N3S2. The highest BCUT2D eigenvalue weighted by Crippen LogP contribution is 2.20. The Labute approximate surface area is 93.9 Å². The number of nitrogens with zero attached hydrogens (tertiary/aromatic N) is 3. The van der Waals surface area contributed by atoms with Gasteiger partial charge in [-0.25, -0.2) is 0 Å². The highest BCUT2D eigenvalue weighted by Gasteiger charge is 2.16. The molecule has 5 heteroatoms. The molecule has 0 N–H and O–H groups in total. The molecule has 1 aliphatic rings. The van der Waals surface area contributed by atoms with E-state index in [2.05, 4.69) is 16.8 Å². The standard InChI is InChI=1S/C9H15N3S2/c1-8-3-4-12(5-6-14-8)9(13-2)11-7-10/h8H,3-6H2,1-2H3. The summed E-state index contributed by atoms with van der Waals surface area (Å²) in [6.45, 7) is 4.29. The summed E-state index contributed by atoms with van der Waals surface area (Å²) in [5.41, 5.74) is 0. The van der Waals surface area contributed by atoms with Gasteiger partial charge in [-0.1, -0.05) is 18.7 Å². The Hall–Kier alpha value is -0.340. The topological polar surface area (TPSA) is 39.4 Å². The minimum absolute atomic E-state index is 0.727. The van der Waals surface area contributed by atoms with Crippen LogP contribution in [-0.4, -0.2) is 40.4 Å². The summed E-state index contributed by atoms with van der Waals surface area (Å²) in [5, 5.41) is 10.1. The van der Waals surface area contributed by atoms with E-state index in [-0.39, 0.29) is 0 Å². The minimum Gasteiger partial charge on any atom is -0.350 e. The minimum atomic E-state index is 0.727. The van der Waals surface area contributed by atoms with Crippen LogP contribution in [0.5, 0.6) is 0 Å². The zero-order valence-electron chi connectivity index (χ0n) is 8.56. The van der Waals surface area contributed by atoms with Gasteiger partial charge >= 0.3 is 0 Å². The predicted octanol–water partition coefficient (Wildman–Crippen LogP) is 2.01. The van der Waals surface area contributed by atoms with Crippen molar-refractivity contribution in [2.45, 2.75) is 18.6 Å². The lowest BCUT2D eigenvalue weighted by Gasteiger charge is -2.21. The number of nitriles is 1. The van der Waals surface area contributed by atoms with Crippen molar-refractivity contribution in [1.29, 1.82) is 5.26 Å². The molecule has 1 unspecified atom stereocenters. The summed E-state index contributed by atoms with van der Waals surface area (Å²) in [6.07, 6.45) is 5.01. The van der Waals surface area contributed by atoms with Crippen LogP contribution in [0.2, 0.25) is 0 Å². The van der Waals surface area contributed by atoms with Crippen LogP contribution in [0.15, 0.2) is 4.99 Å². The fourth-order valence-corrected chi connectivity index (χ4v) is 2.95. The lowest BCUT2D eigenvalue weighted by Crippen LogP contribution is -2.30. The van der Waals surface area contributed by atoms with Gasteiger partial charge in [0.05, 0.1) is 0 Å². The van der Waals surface area contributed by atoms with E-state index in [0.717, 1.165) is 29.3 Å².